The highest BCUT2D eigenvalue weighted by molar-refractivity contribution is 5.70. The van der Waals surface area contributed by atoms with Gasteiger partial charge < -0.3 is 28.6 Å². The van der Waals surface area contributed by atoms with Crippen LogP contribution in [0.25, 0.3) is 0 Å². The van der Waals surface area contributed by atoms with Crippen LogP contribution in [-0.4, -0.2) is 75.5 Å². The second-order valence-electron chi connectivity index (χ2n) is 12.8. The Kier molecular flexibility index (Phi) is 26.9. The van der Waals surface area contributed by atoms with E-state index >= 15 is 0 Å². The number of hydrogen-bond donors (Lipinski definition) is 0. The van der Waals surface area contributed by atoms with Crippen molar-refractivity contribution in [2.45, 2.75) is 148 Å². The number of carboxylic acids is 1. The molecule has 0 radical (unpaired) electrons. The van der Waals surface area contributed by atoms with E-state index in [1.54, 1.807) is 21.1 Å². The minimum absolute atomic E-state index is 0.0357. The Hall–Kier alpha value is -2.19. The SMILES string of the molecule is CCCCCC/C=C\C/C=C\CCCCCCCC(=O)OC(COCCC(C(=O)[O-])[N+](C)(C)C)COC(=O)CCCCCC. The number of esters is 2. The van der Waals surface area contributed by atoms with E-state index in [0.717, 1.165) is 70.6 Å². The number of carbonyl (C=O) groups is 3. The van der Waals surface area contributed by atoms with E-state index in [1.807, 2.05) is 0 Å². The van der Waals surface area contributed by atoms with Gasteiger partial charge in [0.2, 0.25) is 0 Å². The first-order valence-corrected chi connectivity index (χ1v) is 17.4. The van der Waals surface area contributed by atoms with Gasteiger partial charge in [0.15, 0.2) is 6.10 Å². The number of aliphatic carboxylic acids is 1. The molecule has 8 nitrogen and oxygen atoms in total. The average Bonchev–Trinajstić information content (AvgIpc) is 2.96. The van der Waals surface area contributed by atoms with Crippen molar-refractivity contribution in [2.75, 3.05) is 41.0 Å². The zero-order chi connectivity index (χ0) is 32.9. The predicted molar refractivity (Wildman–Crippen MR) is 176 cm³/mol. The zero-order valence-electron chi connectivity index (χ0n) is 28.8. The third-order valence-electron chi connectivity index (χ3n) is 7.59. The van der Waals surface area contributed by atoms with Gasteiger partial charge in [0.05, 0.1) is 40.3 Å². The average molecular weight is 624 g/mol. The van der Waals surface area contributed by atoms with Gasteiger partial charge in [-0.15, -0.1) is 0 Å². The molecule has 0 spiro atoms. The smallest absolute Gasteiger partial charge is 0.306 e. The molecule has 0 bridgehead atoms. The molecule has 8 heteroatoms. The summed E-state index contributed by atoms with van der Waals surface area (Å²) in [6.45, 7) is 4.48. The summed E-state index contributed by atoms with van der Waals surface area (Å²) in [5, 5.41) is 11.5. The highest BCUT2D eigenvalue weighted by Crippen LogP contribution is 2.12. The van der Waals surface area contributed by atoms with Gasteiger partial charge >= 0.3 is 11.9 Å². The lowest BCUT2D eigenvalue weighted by molar-refractivity contribution is -0.889. The third-order valence-corrected chi connectivity index (χ3v) is 7.59. The van der Waals surface area contributed by atoms with Crippen molar-refractivity contribution in [2.24, 2.45) is 0 Å². The van der Waals surface area contributed by atoms with E-state index in [2.05, 4.69) is 38.2 Å². The lowest BCUT2D eigenvalue weighted by Gasteiger charge is -2.34. The summed E-state index contributed by atoms with van der Waals surface area (Å²) in [4.78, 5) is 36.2. The first-order valence-electron chi connectivity index (χ1n) is 17.4. The van der Waals surface area contributed by atoms with Gasteiger partial charge in [-0.25, -0.2) is 0 Å². The molecule has 0 rings (SSSR count). The minimum Gasteiger partial charge on any atom is -0.544 e. The number of ether oxygens (including phenoxy) is 3. The molecule has 0 aliphatic carbocycles. The van der Waals surface area contributed by atoms with Crippen molar-refractivity contribution in [3.63, 3.8) is 0 Å². The lowest BCUT2D eigenvalue weighted by Crippen LogP contribution is -2.55. The number of unbranched alkanes of at least 4 members (excludes halogenated alkanes) is 12. The van der Waals surface area contributed by atoms with Crippen LogP contribution in [0.5, 0.6) is 0 Å². The maximum absolute atomic E-state index is 12.5. The number of hydrogen-bond acceptors (Lipinski definition) is 7. The molecule has 0 aromatic rings. The Labute approximate surface area is 269 Å². The summed E-state index contributed by atoms with van der Waals surface area (Å²) in [7, 11) is 5.37. The first-order chi connectivity index (χ1) is 21.1. The summed E-state index contributed by atoms with van der Waals surface area (Å²) >= 11 is 0. The topological polar surface area (TPSA) is 102 Å². The summed E-state index contributed by atoms with van der Waals surface area (Å²) in [5.74, 6) is -1.78. The van der Waals surface area contributed by atoms with Crippen LogP contribution in [0.1, 0.15) is 136 Å². The molecular weight excluding hydrogens is 558 g/mol. The Morgan fingerprint density at radius 3 is 1.77 bits per heavy atom. The maximum atomic E-state index is 12.5. The van der Waals surface area contributed by atoms with Crippen LogP contribution in [0, 0.1) is 0 Å². The van der Waals surface area contributed by atoms with Gasteiger partial charge in [-0.2, -0.15) is 0 Å². The second kappa shape index (κ2) is 28.3. The molecule has 0 amide bonds. The minimum atomic E-state index is -1.13. The van der Waals surface area contributed by atoms with Crippen LogP contribution in [0.4, 0.5) is 0 Å². The molecule has 0 saturated heterocycles. The number of likely N-dealkylation sites (N-methyl/N-ethyl adjacent to an activating group) is 1. The molecule has 0 aromatic heterocycles. The molecule has 2 unspecified atom stereocenters. The van der Waals surface area contributed by atoms with Crippen molar-refractivity contribution in [1.82, 2.24) is 0 Å². The zero-order valence-corrected chi connectivity index (χ0v) is 28.8. The van der Waals surface area contributed by atoms with Gasteiger partial charge in [0.25, 0.3) is 0 Å². The fourth-order valence-electron chi connectivity index (χ4n) is 4.80. The van der Waals surface area contributed by atoms with E-state index in [-0.39, 0.29) is 42.7 Å². The highest BCUT2D eigenvalue weighted by atomic mass is 16.6. The Balaban J connectivity index is 4.34. The Morgan fingerprint density at radius 2 is 1.20 bits per heavy atom. The largest absolute Gasteiger partial charge is 0.544 e. The molecule has 0 aliphatic rings. The maximum Gasteiger partial charge on any atom is 0.306 e. The molecule has 256 valence electrons. The fourth-order valence-corrected chi connectivity index (χ4v) is 4.80. The molecule has 0 aromatic carbocycles. The first kappa shape index (κ1) is 41.8. The van der Waals surface area contributed by atoms with Crippen LogP contribution in [0.3, 0.4) is 0 Å². The van der Waals surface area contributed by atoms with Crippen molar-refractivity contribution in [3.8, 4) is 0 Å². The van der Waals surface area contributed by atoms with E-state index in [4.69, 9.17) is 14.2 Å². The van der Waals surface area contributed by atoms with Crippen LogP contribution in [0.15, 0.2) is 24.3 Å². The van der Waals surface area contributed by atoms with Crippen molar-refractivity contribution < 1.29 is 38.2 Å². The lowest BCUT2D eigenvalue weighted by atomic mass is 10.1. The molecule has 0 heterocycles. The van der Waals surface area contributed by atoms with Crippen LogP contribution in [0.2, 0.25) is 0 Å². The van der Waals surface area contributed by atoms with Crippen LogP contribution in [-0.2, 0) is 28.6 Å². The quantitative estimate of drug-likeness (QED) is 0.0373. The summed E-state index contributed by atoms with van der Waals surface area (Å²) in [6.07, 6.45) is 26.8. The Bertz CT molecular complexity index is 788. The van der Waals surface area contributed by atoms with Crippen molar-refractivity contribution in [3.05, 3.63) is 24.3 Å². The number of rotatable bonds is 30. The van der Waals surface area contributed by atoms with Gasteiger partial charge in [-0.3, -0.25) is 9.59 Å². The molecular formula is C36H65NO7. The molecule has 2 atom stereocenters. The van der Waals surface area contributed by atoms with Crippen molar-refractivity contribution in [1.29, 1.82) is 0 Å². The molecule has 0 fully saturated rings. The summed E-state index contributed by atoms with van der Waals surface area (Å²) in [5.41, 5.74) is 0. The Morgan fingerprint density at radius 1 is 0.682 bits per heavy atom. The van der Waals surface area contributed by atoms with E-state index in [9.17, 15) is 19.5 Å². The van der Waals surface area contributed by atoms with E-state index < -0.39 is 18.1 Å². The summed E-state index contributed by atoms with van der Waals surface area (Å²) in [6, 6.07) is -0.722. The van der Waals surface area contributed by atoms with Gasteiger partial charge in [-0.1, -0.05) is 95.9 Å². The standard InChI is InChI=1S/C36H65NO7/c1-6-8-10-12-13-14-15-16-17-18-19-20-21-22-23-25-27-35(39)44-32(31-43-34(38)26-24-11-9-7-2)30-42-29-28-33(36(40)41)37(3,4)5/h14-15,17-18,32-33H,6-13,16,19-31H2,1-5H3/b15-14-,18-17-. The summed E-state index contributed by atoms with van der Waals surface area (Å²) < 4.78 is 16.9. The van der Waals surface area contributed by atoms with Crippen molar-refractivity contribution >= 4 is 17.9 Å². The number of carbonyl (C=O) groups excluding carboxylic acids is 3. The molecule has 0 saturated carbocycles. The number of nitrogens with zero attached hydrogens (tertiary/aromatic N) is 1. The fraction of sp³-hybridized carbons (Fsp3) is 0.806. The number of allylic oxidation sites excluding steroid dienone is 4. The molecule has 44 heavy (non-hydrogen) atoms. The third kappa shape index (κ3) is 26.2. The van der Waals surface area contributed by atoms with Crippen LogP contribution >= 0.6 is 0 Å². The number of quaternary nitrogens is 1. The van der Waals surface area contributed by atoms with E-state index in [1.165, 1.54) is 32.1 Å². The van der Waals surface area contributed by atoms with E-state index in [0.29, 0.717) is 12.8 Å². The normalized spacial score (nSPS) is 13.4. The highest BCUT2D eigenvalue weighted by Gasteiger charge is 2.25. The monoisotopic (exact) mass is 623 g/mol. The number of carboxylic acid groups (broad SMARTS) is 1. The van der Waals surface area contributed by atoms with Gasteiger partial charge in [-0.05, 0) is 44.9 Å². The molecule has 0 N–H and O–H groups in total. The molecule has 0 aliphatic heterocycles. The van der Waals surface area contributed by atoms with Gasteiger partial charge in [0, 0.05) is 19.3 Å². The second-order valence-corrected chi connectivity index (χ2v) is 12.8. The van der Waals surface area contributed by atoms with Crippen LogP contribution < -0.4 is 5.11 Å². The predicted octanol–water partition coefficient (Wildman–Crippen LogP) is 6.85. The van der Waals surface area contributed by atoms with Gasteiger partial charge in [0.1, 0.15) is 12.6 Å².